The molecule has 0 rings (SSSR count). The number of halogens is 2. The molecule has 0 saturated carbocycles. The van der Waals surface area contributed by atoms with Gasteiger partial charge in [0.2, 0.25) is 0 Å². The maximum absolute atomic E-state index is 8.14. The van der Waals surface area contributed by atoms with Crippen LogP contribution in [0.2, 0.25) is 0 Å². The fraction of sp³-hybridized carbons (Fsp3) is 1.00. The van der Waals surface area contributed by atoms with E-state index in [4.69, 9.17) is 34.0 Å². The van der Waals surface area contributed by atoms with Crippen molar-refractivity contribution >= 4 is 23.2 Å². The lowest BCUT2D eigenvalue weighted by atomic mass is 10.7. The van der Waals surface area contributed by atoms with Crippen LogP contribution in [-0.2, 0) is 0 Å². The molecule has 0 fully saturated rings. The maximum atomic E-state index is 8.14. The van der Waals surface area contributed by atoms with Gasteiger partial charge in [-0.3, -0.25) is 0 Å². The Hall–Kier alpha value is 0.500. The Kier molecular flexibility index (Phi) is 2.86. The van der Waals surface area contributed by atoms with E-state index in [2.05, 4.69) is 0 Å². The Labute approximate surface area is 45.8 Å². The molecular weight excluding hydrogens is 125 g/mol. The van der Waals surface area contributed by atoms with Gasteiger partial charge in [-0.25, -0.2) is 0 Å². The number of hydrogen-bond donors (Lipinski definition) is 2. The molecule has 2 unspecified atom stereocenters. The minimum absolute atomic E-state index is 0.855. The van der Waals surface area contributed by atoms with E-state index in [9.17, 15) is 0 Å². The summed E-state index contributed by atoms with van der Waals surface area (Å²) >= 11 is 9.92. The van der Waals surface area contributed by atoms with Crippen LogP contribution in [0.3, 0.4) is 0 Å². The van der Waals surface area contributed by atoms with Crippen molar-refractivity contribution in [1.82, 2.24) is 0 Å². The minimum atomic E-state index is -1.13. The molecule has 0 aromatic heterocycles. The van der Waals surface area contributed by atoms with Crippen LogP contribution in [0.15, 0.2) is 0 Å². The van der Waals surface area contributed by atoms with Crippen LogP contribution in [0.25, 0.3) is 0 Å². The average Bonchev–Trinajstić information content (AvgIpc) is 1.36. The molecule has 0 bridgehead atoms. The quantitative estimate of drug-likeness (QED) is 0.389. The van der Waals surface area contributed by atoms with Crippen LogP contribution < -0.4 is 5.73 Å². The number of hydrogen-bond acceptors (Lipinski definition) is 2. The van der Waals surface area contributed by atoms with Crippen LogP contribution in [0.5, 0.6) is 0 Å². The van der Waals surface area contributed by atoms with E-state index in [1.165, 1.54) is 0 Å². The molecule has 0 heterocycles. The molecule has 0 saturated heterocycles. The highest BCUT2D eigenvalue weighted by Gasteiger charge is 2.03. The van der Waals surface area contributed by atoms with E-state index >= 15 is 0 Å². The molecule has 2 nitrogen and oxygen atoms in total. The van der Waals surface area contributed by atoms with E-state index < -0.39 is 11.1 Å². The standard InChI is InChI=1S/C2H5Cl2NO/c3-1(5)2(4)6/h1-2,6H,5H2. The zero-order valence-electron chi connectivity index (χ0n) is 2.94. The van der Waals surface area contributed by atoms with Gasteiger partial charge in [0.15, 0.2) is 5.56 Å². The van der Waals surface area contributed by atoms with Gasteiger partial charge in [-0.2, -0.15) is 0 Å². The van der Waals surface area contributed by atoms with Crippen molar-refractivity contribution < 1.29 is 5.11 Å². The van der Waals surface area contributed by atoms with E-state index in [0.717, 1.165) is 0 Å². The monoisotopic (exact) mass is 129 g/mol. The Morgan fingerprint density at radius 1 is 1.50 bits per heavy atom. The molecular formula is C2H5Cl2NO. The van der Waals surface area contributed by atoms with E-state index in [0.29, 0.717) is 0 Å². The Morgan fingerprint density at radius 3 is 1.67 bits per heavy atom. The van der Waals surface area contributed by atoms with Gasteiger partial charge < -0.3 is 10.8 Å². The van der Waals surface area contributed by atoms with Gasteiger partial charge in [-0.05, 0) is 0 Å². The molecule has 0 radical (unpaired) electrons. The molecule has 38 valence electrons. The van der Waals surface area contributed by atoms with Gasteiger partial charge >= 0.3 is 0 Å². The molecule has 0 aliphatic heterocycles. The van der Waals surface area contributed by atoms with Crippen LogP contribution in [0.1, 0.15) is 0 Å². The summed E-state index contributed by atoms with van der Waals surface area (Å²) in [5.41, 5.74) is 2.83. The second-order valence-corrected chi connectivity index (χ2v) is 1.77. The normalized spacial score (nSPS) is 20.0. The van der Waals surface area contributed by atoms with Crippen molar-refractivity contribution in [1.29, 1.82) is 0 Å². The maximum Gasteiger partial charge on any atom is 0.156 e. The summed E-state index contributed by atoms with van der Waals surface area (Å²) in [4.78, 5) is 0. The van der Waals surface area contributed by atoms with Gasteiger partial charge in [0.05, 0.1) is 0 Å². The fourth-order valence-electron chi connectivity index (χ4n) is 0. The molecule has 0 aliphatic carbocycles. The largest absolute Gasteiger partial charge is 0.375 e. The zero-order chi connectivity index (χ0) is 5.15. The zero-order valence-corrected chi connectivity index (χ0v) is 4.45. The van der Waals surface area contributed by atoms with E-state index in [-0.39, 0.29) is 0 Å². The highest BCUT2D eigenvalue weighted by atomic mass is 35.5. The topological polar surface area (TPSA) is 46.2 Å². The molecule has 0 amide bonds. The summed E-state index contributed by atoms with van der Waals surface area (Å²) in [5.74, 6) is 0. The lowest BCUT2D eigenvalue weighted by Gasteiger charge is -1.99. The van der Waals surface area contributed by atoms with Crippen LogP contribution in [0, 0.1) is 0 Å². The van der Waals surface area contributed by atoms with Gasteiger partial charge in [0.1, 0.15) is 5.50 Å². The number of aliphatic hydroxyl groups excluding tert-OH is 1. The molecule has 0 aliphatic rings. The summed E-state index contributed by atoms with van der Waals surface area (Å²) in [6, 6.07) is 0. The summed E-state index contributed by atoms with van der Waals surface area (Å²) in [7, 11) is 0. The first kappa shape index (κ1) is 6.50. The Morgan fingerprint density at radius 2 is 1.67 bits per heavy atom. The van der Waals surface area contributed by atoms with Gasteiger partial charge in [0, 0.05) is 0 Å². The van der Waals surface area contributed by atoms with Gasteiger partial charge in [-0.1, -0.05) is 11.6 Å². The fourth-order valence-corrected chi connectivity index (χ4v) is 0. The van der Waals surface area contributed by atoms with E-state index in [1.807, 2.05) is 0 Å². The molecule has 0 aromatic carbocycles. The highest BCUT2D eigenvalue weighted by Crippen LogP contribution is 1.97. The first-order chi connectivity index (χ1) is 2.64. The van der Waals surface area contributed by atoms with Crippen LogP contribution >= 0.6 is 23.2 Å². The summed E-state index contributed by atoms with van der Waals surface area (Å²) < 4.78 is 0. The third-order valence-electron chi connectivity index (χ3n) is 0.263. The van der Waals surface area contributed by atoms with Crippen molar-refractivity contribution in [3.8, 4) is 0 Å². The van der Waals surface area contributed by atoms with Crippen molar-refractivity contribution in [3.05, 3.63) is 0 Å². The van der Waals surface area contributed by atoms with Gasteiger partial charge in [-0.15, -0.1) is 11.6 Å². The Bertz CT molecular complexity index is 32.5. The predicted octanol–water partition coefficient (Wildman–Crippen LogP) is 0.0672. The number of alkyl halides is 2. The third kappa shape index (κ3) is 2.72. The predicted molar refractivity (Wildman–Crippen MR) is 25.7 cm³/mol. The van der Waals surface area contributed by atoms with Crippen molar-refractivity contribution in [2.24, 2.45) is 5.73 Å². The SMILES string of the molecule is NC(Cl)C(O)Cl. The number of nitrogens with two attached hydrogens (primary N) is 1. The van der Waals surface area contributed by atoms with E-state index in [1.54, 1.807) is 0 Å². The smallest absolute Gasteiger partial charge is 0.156 e. The Balaban J connectivity index is 2.99. The third-order valence-corrected chi connectivity index (χ3v) is 0.902. The number of aliphatic hydroxyl groups is 1. The summed E-state index contributed by atoms with van der Waals surface area (Å²) in [6.07, 6.45) is 0. The second kappa shape index (κ2) is 2.64. The van der Waals surface area contributed by atoms with Crippen molar-refractivity contribution in [2.75, 3.05) is 0 Å². The average molecular weight is 130 g/mol. The van der Waals surface area contributed by atoms with Crippen molar-refractivity contribution in [3.63, 3.8) is 0 Å². The highest BCUT2D eigenvalue weighted by molar-refractivity contribution is 6.28. The molecule has 4 heteroatoms. The second-order valence-electron chi connectivity index (χ2n) is 0.817. The first-order valence-corrected chi connectivity index (χ1v) is 2.23. The first-order valence-electron chi connectivity index (χ1n) is 1.36. The molecule has 3 N–H and O–H groups in total. The minimum Gasteiger partial charge on any atom is -0.375 e. The molecule has 0 spiro atoms. The lowest BCUT2D eigenvalue weighted by molar-refractivity contribution is 0.252. The van der Waals surface area contributed by atoms with Gasteiger partial charge in [0.25, 0.3) is 0 Å². The van der Waals surface area contributed by atoms with Crippen LogP contribution in [0.4, 0.5) is 0 Å². The van der Waals surface area contributed by atoms with Crippen molar-refractivity contribution in [2.45, 2.75) is 11.1 Å². The molecule has 0 aromatic rings. The lowest BCUT2D eigenvalue weighted by Crippen LogP contribution is -2.23. The summed E-state index contributed by atoms with van der Waals surface area (Å²) in [6.45, 7) is 0. The van der Waals surface area contributed by atoms with Crippen LogP contribution in [-0.4, -0.2) is 16.2 Å². The summed E-state index contributed by atoms with van der Waals surface area (Å²) in [5, 5.41) is 8.14. The molecule has 6 heavy (non-hydrogen) atoms. The number of rotatable bonds is 1. The molecule has 2 atom stereocenters.